The third kappa shape index (κ3) is 2.85. The highest BCUT2D eigenvalue weighted by molar-refractivity contribution is 7.92. The van der Waals surface area contributed by atoms with Crippen molar-refractivity contribution in [2.75, 3.05) is 0 Å². The number of rotatable bonds is 2. The zero-order chi connectivity index (χ0) is 19.4. The summed E-state index contributed by atoms with van der Waals surface area (Å²) in [6, 6.07) is 2.24. The lowest BCUT2D eigenvalue weighted by Crippen LogP contribution is -2.29. The van der Waals surface area contributed by atoms with Gasteiger partial charge in [0.15, 0.2) is 21.5 Å². The summed E-state index contributed by atoms with van der Waals surface area (Å²) in [4.78, 5) is 2.37. The van der Waals surface area contributed by atoms with Gasteiger partial charge in [-0.15, -0.1) is 0 Å². The standard InChI is InChI=1S/C15H10F5NO4S/c16-8-4-7-10(5-9(8)17)26(24,25)14(13(7)23)12(22)6-1-2-21-11(3-6)15(18,19)20/h1-5,12-14,22-23H. The molecule has 0 bridgehead atoms. The third-order valence-electron chi connectivity index (χ3n) is 4.07. The molecule has 5 nitrogen and oxygen atoms in total. The molecule has 2 N–H and O–H groups in total. The minimum absolute atomic E-state index is 0.365. The summed E-state index contributed by atoms with van der Waals surface area (Å²) in [5.41, 5.74) is -2.31. The van der Waals surface area contributed by atoms with E-state index in [1.54, 1.807) is 0 Å². The van der Waals surface area contributed by atoms with E-state index in [-0.39, 0.29) is 0 Å². The molecule has 1 aliphatic rings. The highest BCUT2D eigenvalue weighted by Crippen LogP contribution is 2.45. The number of aliphatic hydroxyl groups excluding tert-OH is 2. The average Bonchev–Trinajstić information content (AvgIpc) is 2.73. The summed E-state index contributed by atoms with van der Waals surface area (Å²) in [7, 11) is -4.54. The largest absolute Gasteiger partial charge is 0.433 e. The van der Waals surface area contributed by atoms with Crippen LogP contribution >= 0.6 is 0 Å². The molecule has 0 radical (unpaired) electrons. The molecule has 2 heterocycles. The van der Waals surface area contributed by atoms with E-state index in [0.717, 1.165) is 12.3 Å². The van der Waals surface area contributed by atoms with E-state index in [2.05, 4.69) is 4.98 Å². The monoisotopic (exact) mass is 395 g/mol. The molecule has 3 atom stereocenters. The number of pyridine rings is 1. The molecular formula is C15H10F5NO4S. The van der Waals surface area contributed by atoms with Crippen LogP contribution in [0.25, 0.3) is 0 Å². The average molecular weight is 395 g/mol. The Morgan fingerprint density at radius 1 is 1.12 bits per heavy atom. The van der Waals surface area contributed by atoms with Crippen molar-refractivity contribution in [3.8, 4) is 0 Å². The fourth-order valence-corrected chi connectivity index (χ4v) is 4.88. The molecule has 11 heteroatoms. The number of hydrogen-bond acceptors (Lipinski definition) is 5. The molecule has 140 valence electrons. The van der Waals surface area contributed by atoms with Gasteiger partial charge in [0.1, 0.15) is 17.0 Å². The quantitative estimate of drug-likeness (QED) is 0.602. The van der Waals surface area contributed by atoms with Crippen LogP contribution in [-0.4, -0.2) is 28.9 Å². The fraction of sp³-hybridized carbons (Fsp3) is 0.267. The van der Waals surface area contributed by atoms with E-state index in [9.17, 15) is 40.6 Å². The van der Waals surface area contributed by atoms with E-state index in [4.69, 9.17) is 0 Å². The first-order chi connectivity index (χ1) is 11.9. The number of halogens is 5. The maximum atomic E-state index is 13.4. The zero-order valence-corrected chi connectivity index (χ0v) is 13.4. The van der Waals surface area contributed by atoms with Gasteiger partial charge in [-0.3, -0.25) is 4.98 Å². The van der Waals surface area contributed by atoms with E-state index in [0.29, 0.717) is 18.2 Å². The van der Waals surface area contributed by atoms with Crippen LogP contribution in [0.15, 0.2) is 35.4 Å². The van der Waals surface area contributed by atoms with Crippen molar-refractivity contribution in [1.82, 2.24) is 4.98 Å². The predicted molar refractivity (Wildman–Crippen MR) is 76.5 cm³/mol. The number of aliphatic hydroxyl groups is 2. The smallest absolute Gasteiger partial charge is 0.387 e. The third-order valence-corrected chi connectivity index (χ3v) is 6.27. The molecule has 1 aromatic heterocycles. The lowest BCUT2D eigenvalue weighted by Gasteiger charge is -2.21. The van der Waals surface area contributed by atoms with Gasteiger partial charge in [0, 0.05) is 11.8 Å². The summed E-state index contributed by atoms with van der Waals surface area (Å²) >= 11 is 0. The van der Waals surface area contributed by atoms with E-state index < -0.39 is 66.8 Å². The normalized spacial score (nSPS) is 22.9. The molecule has 1 aliphatic heterocycles. The lowest BCUT2D eigenvalue weighted by molar-refractivity contribution is -0.141. The summed E-state index contributed by atoms with van der Waals surface area (Å²) in [6.45, 7) is 0. The van der Waals surface area contributed by atoms with E-state index in [1.807, 2.05) is 0 Å². The number of alkyl halides is 3. The Balaban J connectivity index is 2.08. The fourth-order valence-electron chi connectivity index (χ4n) is 2.83. The highest BCUT2D eigenvalue weighted by Gasteiger charge is 2.49. The predicted octanol–water partition coefficient (Wildman–Crippen LogP) is 2.30. The molecule has 0 saturated carbocycles. The Bertz CT molecular complexity index is 976. The van der Waals surface area contributed by atoms with E-state index in [1.165, 1.54) is 0 Å². The molecule has 0 saturated heterocycles. The van der Waals surface area contributed by atoms with Crippen LogP contribution in [0.3, 0.4) is 0 Å². The Labute approximate surface area is 143 Å². The number of benzene rings is 1. The van der Waals surface area contributed by atoms with Gasteiger partial charge in [-0.25, -0.2) is 17.2 Å². The van der Waals surface area contributed by atoms with Crippen LogP contribution in [0, 0.1) is 11.6 Å². The van der Waals surface area contributed by atoms with Gasteiger partial charge in [0.05, 0.1) is 11.0 Å². The Kier molecular flexibility index (Phi) is 4.28. The maximum Gasteiger partial charge on any atom is 0.433 e. The second-order valence-electron chi connectivity index (χ2n) is 5.68. The summed E-state index contributed by atoms with van der Waals surface area (Å²) < 4.78 is 90.0. The second-order valence-corrected chi connectivity index (χ2v) is 7.75. The molecular weight excluding hydrogens is 385 g/mol. The molecule has 1 aromatic carbocycles. The highest BCUT2D eigenvalue weighted by atomic mass is 32.2. The minimum Gasteiger partial charge on any atom is -0.387 e. The molecule has 3 unspecified atom stereocenters. The molecule has 0 spiro atoms. The van der Waals surface area contributed by atoms with Crippen molar-refractivity contribution < 1.29 is 40.6 Å². The second kappa shape index (κ2) is 5.96. The lowest BCUT2D eigenvalue weighted by atomic mass is 9.98. The van der Waals surface area contributed by atoms with Crippen LogP contribution in [0.1, 0.15) is 29.0 Å². The van der Waals surface area contributed by atoms with Gasteiger partial charge in [0.2, 0.25) is 0 Å². The summed E-state index contributed by atoms with van der Waals surface area (Å²) in [5, 5.41) is 18.5. The molecule has 0 fully saturated rings. The van der Waals surface area contributed by atoms with Gasteiger partial charge in [-0.2, -0.15) is 13.2 Å². The minimum atomic E-state index is -4.84. The number of nitrogens with zero attached hydrogens (tertiary/aromatic N) is 1. The number of aromatic nitrogens is 1. The molecule has 3 rings (SSSR count). The zero-order valence-electron chi connectivity index (χ0n) is 12.6. The van der Waals surface area contributed by atoms with Crippen LogP contribution in [0.5, 0.6) is 0 Å². The van der Waals surface area contributed by atoms with Gasteiger partial charge in [-0.1, -0.05) is 0 Å². The molecule has 26 heavy (non-hydrogen) atoms. The van der Waals surface area contributed by atoms with Crippen LogP contribution < -0.4 is 0 Å². The van der Waals surface area contributed by atoms with Crippen LogP contribution in [0.2, 0.25) is 0 Å². The Morgan fingerprint density at radius 3 is 2.35 bits per heavy atom. The molecule has 0 aliphatic carbocycles. The number of hydrogen-bond donors (Lipinski definition) is 2. The van der Waals surface area contributed by atoms with Crippen molar-refractivity contribution in [2.24, 2.45) is 0 Å². The number of fused-ring (bicyclic) bond motifs is 1. The first-order valence-electron chi connectivity index (χ1n) is 7.06. The van der Waals surface area contributed by atoms with Crippen LogP contribution in [-0.2, 0) is 16.0 Å². The van der Waals surface area contributed by atoms with Gasteiger partial charge >= 0.3 is 6.18 Å². The topological polar surface area (TPSA) is 87.5 Å². The van der Waals surface area contributed by atoms with Crippen molar-refractivity contribution in [2.45, 2.75) is 28.5 Å². The first kappa shape index (κ1) is 18.7. The Hall–Kier alpha value is -2.11. The Morgan fingerprint density at radius 2 is 1.73 bits per heavy atom. The van der Waals surface area contributed by atoms with Gasteiger partial charge < -0.3 is 10.2 Å². The first-order valence-corrected chi connectivity index (χ1v) is 8.61. The number of sulfone groups is 1. The van der Waals surface area contributed by atoms with Crippen molar-refractivity contribution in [1.29, 1.82) is 0 Å². The molecule has 2 aromatic rings. The van der Waals surface area contributed by atoms with Gasteiger partial charge in [0.25, 0.3) is 0 Å². The summed E-state index contributed by atoms with van der Waals surface area (Å²) in [6.07, 6.45) is -8.15. The summed E-state index contributed by atoms with van der Waals surface area (Å²) in [5.74, 6) is -2.88. The van der Waals surface area contributed by atoms with Crippen molar-refractivity contribution in [3.05, 3.63) is 58.9 Å². The van der Waals surface area contributed by atoms with Gasteiger partial charge in [-0.05, 0) is 29.8 Å². The molecule has 0 amide bonds. The maximum absolute atomic E-state index is 13.4. The van der Waals surface area contributed by atoms with Crippen LogP contribution in [0.4, 0.5) is 22.0 Å². The van der Waals surface area contributed by atoms with Crippen molar-refractivity contribution in [3.63, 3.8) is 0 Å². The van der Waals surface area contributed by atoms with E-state index >= 15 is 0 Å². The SMILES string of the molecule is O=S1(=O)c2cc(F)c(F)cc2C(O)C1C(O)c1ccnc(C(F)(F)F)c1. The van der Waals surface area contributed by atoms with Crippen molar-refractivity contribution >= 4 is 9.84 Å².